The van der Waals surface area contributed by atoms with E-state index in [9.17, 15) is 23.5 Å². The number of likely N-dealkylation sites (tertiary alicyclic amines) is 1. The molecule has 2 aromatic carbocycles. The summed E-state index contributed by atoms with van der Waals surface area (Å²) in [5.41, 5.74) is 1.26. The van der Waals surface area contributed by atoms with Crippen LogP contribution < -0.4 is 5.32 Å². The van der Waals surface area contributed by atoms with Crippen LogP contribution in [0.15, 0.2) is 40.8 Å². The molecule has 3 heterocycles. The van der Waals surface area contributed by atoms with Crippen LogP contribution in [0.2, 0.25) is 0 Å². The van der Waals surface area contributed by atoms with Crippen LogP contribution in [0.1, 0.15) is 26.7 Å². The summed E-state index contributed by atoms with van der Waals surface area (Å²) in [7, 11) is 0. The van der Waals surface area contributed by atoms with Crippen LogP contribution in [0.3, 0.4) is 0 Å². The zero-order valence-corrected chi connectivity index (χ0v) is 18.8. The lowest BCUT2D eigenvalue weighted by molar-refractivity contribution is 0.0755. The van der Waals surface area contributed by atoms with Crippen molar-refractivity contribution in [3.8, 4) is 0 Å². The van der Waals surface area contributed by atoms with Crippen LogP contribution >= 0.6 is 11.8 Å². The number of aromatic nitrogens is 2. The predicted octanol–water partition coefficient (Wildman–Crippen LogP) is 3.07. The van der Waals surface area contributed by atoms with E-state index in [1.54, 1.807) is 18.2 Å². The summed E-state index contributed by atoms with van der Waals surface area (Å²) in [5.74, 6) is -2.18. The Morgan fingerprint density at radius 1 is 1.29 bits per heavy atom. The molecule has 2 aromatic heterocycles. The van der Waals surface area contributed by atoms with Crippen molar-refractivity contribution in [2.45, 2.75) is 17.9 Å². The molecular formula is C23H20F2N4O4S. The molecule has 4 aromatic rings. The average Bonchev–Trinajstić information content (AvgIpc) is 3.54. The second-order valence-corrected chi connectivity index (χ2v) is 9.10. The first-order valence-electron chi connectivity index (χ1n) is 10.5. The van der Waals surface area contributed by atoms with Gasteiger partial charge in [-0.15, -0.1) is 0 Å². The Bertz CT molecular complexity index is 1420. The quantitative estimate of drug-likeness (QED) is 0.400. The van der Waals surface area contributed by atoms with E-state index in [1.807, 2.05) is 6.26 Å². The van der Waals surface area contributed by atoms with Crippen molar-refractivity contribution >= 4 is 45.6 Å². The van der Waals surface area contributed by atoms with Gasteiger partial charge in [0.1, 0.15) is 23.8 Å². The fourth-order valence-electron chi connectivity index (χ4n) is 4.24. The number of aliphatic hydroxyl groups is 1. The molecule has 0 radical (unpaired) electrons. The van der Waals surface area contributed by atoms with Gasteiger partial charge in [-0.25, -0.2) is 13.8 Å². The van der Waals surface area contributed by atoms with Crippen molar-refractivity contribution in [2.75, 3.05) is 19.3 Å². The number of rotatable bonds is 5. The number of para-hydroxylation sites is 1. The monoisotopic (exact) mass is 486 g/mol. The Balaban J connectivity index is 1.35. The van der Waals surface area contributed by atoms with Crippen LogP contribution in [0.25, 0.3) is 22.0 Å². The number of carbonyl (C=O) groups excluding carboxylic acids is 2. The molecule has 176 valence electrons. The van der Waals surface area contributed by atoms with E-state index >= 15 is 0 Å². The van der Waals surface area contributed by atoms with Gasteiger partial charge in [-0.05, 0) is 30.5 Å². The molecule has 11 heteroatoms. The highest BCUT2D eigenvalue weighted by molar-refractivity contribution is 7.99. The number of hydrogen-bond acceptors (Lipinski definition) is 6. The maximum atomic E-state index is 14.0. The normalized spacial score (nSPS) is 18.2. The number of nitrogens with one attached hydrogen (secondary N) is 2. The van der Waals surface area contributed by atoms with Gasteiger partial charge in [-0.3, -0.25) is 9.59 Å². The topological polar surface area (TPSA) is 111 Å². The smallest absolute Gasteiger partial charge is 0.289 e. The number of furan rings is 1. The van der Waals surface area contributed by atoms with Crippen molar-refractivity contribution in [1.82, 2.24) is 20.2 Å². The van der Waals surface area contributed by atoms with Gasteiger partial charge in [0.2, 0.25) is 0 Å². The predicted molar refractivity (Wildman–Crippen MR) is 123 cm³/mol. The van der Waals surface area contributed by atoms with Gasteiger partial charge >= 0.3 is 0 Å². The van der Waals surface area contributed by atoms with Crippen molar-refractivity contribution in [3.63, 3.8) is 0 Å². The fraction of sp³-hybridized carbons (Fsp3) is 0.261. The number of carbonyl (C=O) groups is 2. The standard InChI is InChI=1S/C23H20F2N4O4S/c1-34-18-9-29(23(32)17-6-11-5-12(24)7-14(25)21(11)33-17)8-16(18)27-22(31)13-3-2-4-15-20(13)28-19(10-30)26-15/h2-7,16,18,30H,8-10H2,1H3,(H,26,28)(H,27,31)/t16-,18-/m1/s1. The highest BCUT2D eigenvalue weighted by Crippen LogP contribution is 2.28. The molecule has 0 saturated carbocycles. The van der Waals surface area contributed by atoms with E-state index in [0.29, 0.717) is 35.0 Å². The zero-order valence-electron chi connectivity index (χ0n) is 18.0. The van der Waals surface area contributed by atoms with Gasteiger partial charge in [0, 0.05) is 29.8 Å². The summed E-state index contributed by atoms with van der Waals surface area (Å²) in [6, 6.07) is 7.91. The Kier molecular flexibility index (Phi) is 5.74. The zero-order chi connectivity index (χ0) is 24.0. The second-order valence-electron chi connectivity index (χ2n) is 8.02. The number of fused-ring (bicyclic) bond motifs is 2. The molecule has 0 aliphatic carbocycles. The molecular weight excluding hydrogens is 466 g/mol. The first-order chi connectivity index (χ1) is 16.4. The Morgan fingerprint density at radius 2 is 2.12 bits per heavy atom. The molecule has 8 nitrogen and oxygen atoms in total. The molecule has 0 spiro atoms. The van der Waals surface area contributed by atoms with Crippen molar-refractivity contribution in [1.29, 1.82) is 0 Å². The molecule has 1 aliphatic heterocycles. The minimum absolute atomic E-state index is 0.0853. The lowest BCUT2D eigenvalue weighted by Gasteiger charge is -2.18. The van der Waals surface area contributed by atoms with Crippen molar-refractivity contribution in [2.24, 2.45) is 0 Å². The molecule has 0 unspecified atom stereocenters. The lowest BCUT2D eigenvalue weighted by Crippen LogP contribution is -2.42. The maximum Gasteiger partial charge on any atom is 0.289 e. The highest BCUT2D eigenvalue weighted by atomic mass is 32.2. The Labute approximate surface area is 196 Å². The Hall–Kier alpha value is -3.44. The second kappa shape index (κ2) is 8.73. The van der Waals surface area contributed by atoms with Crippen LogP contribution in [0.4, 0.5) is 8.78 Å². The first-order valence-corrected chi connectivity index (χ1v) is 11.8. The molecule has 1 fully saturated rings. The Morgan fingerprint density at radius 3 is 2.88 bits per heavy atom. The van der Waals surface area contributed by atoms with Gasteiger partial charge in [-0.1, -0.05) is 6.07 Å². The van der Waals surface area contributed by atoms with E-state index in [-0.39, 0.29) is 47.1 Å². The average molecular weight is 487 g/mol. The van der Waals surface area contributed by atoms with Crippen LogP contribution in [-0.2, 0) is 6.61 Å². The highest BCUT2D eigenvalue weighted by Gasteiger charge is 2.37. The van der Waals surface area contributed by atoms with Crippen LogP contribution in [0, 0.1) is 11.6 Å². The van der Waals surface area contributed by atoms with E-state index in [0.717, 1.165) is 6.07 Å². The maximum absolute atomic E-state index is 14.0. The lowest BCUT2D eigenvalue weighted by atomic mass is 10.1. The van der Waals surface area contributed by atoms with Gasteiger partial charge in [-0.2, -0.15) is 11.8 Å². The minimum atomic E-state index is -0.875. The van der Waals surface area contributed by atoms with Crippen LogP contribution in [-0.4, -0.2) is 62.4 Å². The summed E-state index contributed by atoms with van der Waals surface area (Å²) in [5, 5.41) is 12.4. The molecule has 34 heavy (non-hydrogen) atoms. The molecule has 3 N–H and O–H groups in total. The molecule has 0 bridgehead atoms. The molecule has 2 atom stereocenters. The van der Waals surface area contributed by atoms with Crippen LogP contribution in [0.5, 0.6) is 0 Å². The van der Waals surface area contributed by atoms with E-state index in [2.05, 4.69) is 15.3 Å². The SMILES string of the molecule is CS[C@@H]1CN(C(=O)c2cc3cc(F)cc(F)c3o2)C[C@H]1NC(=O)c1cccc2[nH]c(CO)nc12. The van der Waals surface area contributed by atoms with E-state index in [1.165, 1.54) is 22.7 Å². The third-order valence-corrected chi connectivity index (χ3v) is 6.96. The summed E-state index contributed by atoms with van der Waals surface area (Å²) in [6.45, 7) is 0.296. The van der Waals surface area contributed by atoms with Gasteiger partial charge < -0.3 is 24.7 Å². The molecule has 1 aliphatic rings. The first kappa shape index (κ1) is 22.4. The number of imidazole rings is 1. The third-order valence-electron chi connectivity index (χ3n) is 5.88. The van der Waals surface area contributed by atoms with E-state index in [4.69, 9.17) is 4.42 Å². The number of aromatic amines is 1. The largest absolute Gasteiger partial charge is 0.448 e. The number of hydrogen-bond donors (Lipinski definition) is 3. The van der Waals surface area contributed by atoms with E-state index < -0.39 is 17.5 Å². The number of H-pyrrole nitrogens is 1. The summed E-state index contributed by atoms with van der Waals surface area (Å²) in [6.07, 6.45) is 1.89. The number of thioether (sulfide) groups is 1. The number of halogens is 2. The summed E-state index contributed by atoms with van der Waals surface area (Å²) < 4.78 is 32.9. The van der Waals surface area contributed by atoms with Gasteiger partial charge in [0.25, 0.3) is 11.8 Å². The third kappa shape index (κ3) is 3.90. The van der Waals surface area contributed by atoms with Gasteiger partial charge in [0.05, 0.1) is 17.1 Å². The molecule has 2 amide bonds. The van der Waals surface area contributed by atoms with Crippen molar-refractivity contribution in [3.05, 3.63) is 65.2 Å². The fourth-order valence-corrected chi connectivity index (χ4v) is 5.05. The summed E-state index contributed by atoms with van der Waals surface area (Å²) in [4.78, 5) is 34.9. The number of aliphatic hydroxyl groups excluding tert-OH is 1. The number of benzene rings is 2. The molecule has 1 saturated heterocycles. The number of nitrogens with zero attached hydrogens (tertiary/aromatic N) is 2. The summed E-state index contributed by atoms with van der Waals surface area (Å²) >= 11 is 1.51. The molecule has 5 rings (SSSR count). The van der Waals surface area contributed by atoms with Crippen molar-refractivity contribution < 1.29 is 27.9 Å². The van der Waals surface area contributed by atoms with Gasteiger partial charge in [0.15, 0.2) is 17.2 Å². The number of amides is 2. The minimum Gasteiger partial charge on any atom is -0.448 e.